The SMILES string of the molecule is COC1CCCN(C(=O)c2cccc(Cl)c2[N+](=O)[O-])C1. The van der Waals surface area contributed by atoms with Gasteiger partial charge in [-0.15, -0.1) is 0 Å². The van der Waals surface area contributed by atoms with Crippen molar-refractivity contribution in [2.24, 2.45) is 0 Å². The Morgan fingerprint density at radius 2 is 2.30 bits per heavy atom. The van der Waals surface area contributed by atoms with Crippen molar-refractivity contribution in [3.63, 3.8) is 0 Å². The van der Waals surface area contributed by atoms with Gasteiger partial charge in [-0.3, -0.25) is 14.9 Å². The second-order valence-corrected chi connectivity index (χ2v) is 5.05. The summed E-state index contributed by atoms with van der Waals surface area (Å²) in [6.07, 6.45) is 1.68. The summed E-state index contributed by atoms with van der Waals surface area (Å²) in [5, 5.41) is 11.0. The molecule has 1 saturated heterocycles. The average Bonchev–Trinajstić information content (AvgIpc) is 2.45. The molecule has 1 aliphatic heterocycles. The molecule has 108 valence electrons. The first-order valence-corrected chi connectivity index (χ1v) is 6.67. The van der Waals surface area contributed by atoms with E-state index < -0.39 is 4.92 Å². The lowest BCUT2D eigenvalue weighted by Crippen LogP contribution is -2.43. The smallest absolute Gasteiger partial charge is 0.300 e. The Bertz CT molecular complexity index is 535. The van der Waals surface area contributed by atoms with Crippen LogP contribution >= 0.6 is 11.6 Å². The number of carbonyl (C=O) groups is 1. The predicted molar refractivity (Wildman–Crippen MR) is 74.0 cm³/mol. The van der Waals surface area contributed by atoms with E-state index in [0.717, 1.165) is 12.8 Å². The fraction of sp³-hybridized carbons (Fsp3) is 0.462. The molecule has 0 bridgehead atoms. The molecule has 1 atom stereocenters. The molecule has 2 rings (SSSR count). The lowest BCUT2D eigenvalue weighted by molar-refractivity contribution is -0.385. The monoisotopic (exact) mass is 298 g/mol. The quantitative estimate of drug-likeness (QED) is 0.635. The topological polar surface area (TPSA) is 72.7 Å². The highest BCUT2D eigenvalue weighted by Gasteiger charge is 2.30. The van der Waals surface area contributed by atoms with Crippen LogP contribution in [0.15, 0.2) is 18.2 Å². The van der Waals surface area contributed by atoms with Crippen molar-refractivity contribution in [2.75, 3.05) is 20.2 Å². The number of benzene rings is 1. The fourth-order valence-electron chi connectivity index (χ4n) is 2.36. The summed E-state index contributed by atoms with van der Waals surface area (Å²) < 4.78 is 5.26. The molecule has 0 radical (unpaired) electrons. The fourth-order valence-corrected chi connectivity index (χ4v) is 2.60. The van der Waals surface area contributed by atoms with Gasteiger partial charge in [0.25, 0.3) is 5.91 Å². The Hall–Kier alpha value is -1.66. The summed E-state index contributed by atoms with van der Waals surface area (Å²) in [4.78, 5) is 24.5. The van der Waals surface area contributed by atoms with E-state index in [1.807, 2.05) is 0 Å². The summed E-state index contributed by atoms with van der Waals surface area (Å²) >= 11 is 5.83. The Morgan fingerprint density at radius 3 is 2.95 bits per heavy atom. The number of likely N-dealkylation sites (tertiary alicyclic amines) is 1. The van der Waals surface area contributed by atoms with Crippen molar-refractivity contribution < 1.29 is 14.5 Å². The minimum absolute atomic E-state index is 0.0223. The minimum atomic E-state index is -0.618. The van der Waals surface area contributed by atoms with Gasteiger partial charge in [-0.05, 0) is 25.0 Å². The normalized spacial score (nSPS) is 18.9. The second kappa shape index (κ2) is 6.19. The number of para-hydroxylation sites is 1. The van der Waals surface area contributed by atoms with Gasteiger partial charge in [0.2, 0.25) is 0 Å². The molecule has 0 aliphatic carbocycles. The van der Waals surface area contributed by atoms with E-state index >= 15 is 0 Å². The second-order valence-electron chi connectivity index (χ2n) is 4.64. The molecule has 0 saturated carbocycles. The number of hydrogen-bond donors (Lipinski definition) is 0. The van der Waals surface area contributed by atoms with E-state index in [0.29, 0.717) is 13.1 Å². The van der Waals surface area contributed by atoms with E-state index in [2.05, 4.69) is 0 Å². The van der Waals surface area contributed by atoms with Crippen molar-refractivity contribution >= 4 is 23.2 Å². The van der Waals surface area contributed by atoms with Gasteiger partial charge in [-0.25, -0.2) is 0 Å². The Balaban J connectivity index is 2.29. The lowest BCUT2D eigenvalue weighted by Gasteiger charge is -2.31. The zero-order valence-electron chi connectivity index (χ0n) is 11.0. The standard InChI is InChI=1S/C13H15ClN2O4/c1-20-9-4-3-7-15(8-9)13(17)10-5-2-6-11(14)12(10)16(18)19/h2,5-6,9H,3-4,7-8H2,1H3. The predicted octanol–water partition coefficient (Wildman–Crippen LogP) is 2.50. The van der Waals surface area contributed by atoms with E-state index in [9.17, 15) is 14.9 Å². The van der Waals surface area contributed by atoms with E-state index in [4.69, 9.17) is 16.3 Å². The van der Waals surface area contributed by atoms with Crippen molar-refractivity contribution in [1.82, 2.24) is 4.90 Å². The van der Waals surface area contributed by atoms with Crippen molar-refractivity contribution in [3.8, 4) is 0 Å². The number of hydrogen-bond acceptors (Lipinski definition) is 4. The molecule has 7 heteroatoms. The van der Waals surface area contributed by atoms with Gasteiger partial charge in [-0.1, -0.05) is 17.7 Å². The number of nitro groups is 1. The molecule has 1 aliphatic rings. The molecule has 20 heavy (non-hydrogen) atoms. The zero-order valence-corrected chi connectivity index (χ0v) is 11.8. The number of amides is 1. The first-order valence-electron chi connectivity index (χ1n) is 6.29. The van der Waals surface area contributed by atoms with Gasteiger partial charge in [0.1, 0.15) is 10.6 Å². The van der Waals surface area contributed by atoms with Gasteiger partial charge >= 0.3 is 5.69 Å². The van der Waals surface area contributed by atoms with Crippen LogP contribution in [-0.4, -0.2) is 42.0 Å². The van der Waals surface area contributed by atoms with E-state index in [1.165, 1.54) is 12.1 Å². The molecule has 1 aromatic carbocycles. The summed E-state index contributed by atoms with van der Waals surface area (Å²) in [7, 11) is 1.60. The van der Waals surface area contributed by atoms with Crippen LogP contribution in [0.1, 0.15) is 23.2 Å². The van der Waals surface area contributed by atoms with Crippen LogP contribution in [0.2, 0.25) is 5.02 Å². The first-order chi connectivity index (χ1) is 9.54. The van der Waals surface area contributed by atoms with E-state index in [1.54, 1.807) is 18.1 Å². The summed E-state index contributed by atoms with van der Waals surface area (Å²) in [6.45, 7) is 1.02. The highest BCUT2D eigenvalue weighted by molar-refractivity contribution is 6.33. The molecule has 6 nitrogen and oxygen atoms in total. The number of nitro benzene ring substituents is 1. The number of methoxy groups -OCH3 is 1. The van der Waals surface area contributed by atoms with Gasteiger partial charge in [0.05, 0.1) is 11.0 Å². The maximum absolute atomic E-state index is 12.4. The zero-order chi connectivity index (χ0) is 14.7. The average molecular weight is 299 g/mol. The van der Waals surface area contributed by atoms with Crippen molar-refractivity contribution in [1.29, 1.82) is 0 Å². The minimum Gasteiger partial charge on any atom is -0.380 e. The number of piperidine rings is 1. The summed E-state index contributed by atoms with van der Waals surface area (Å²) in [5.41, 5.74) is -0.307. The molecule has 0 aromatic heterocycles. The van der Waals surface area contributed by atoms with Crippen LogP contribution in [0, 0.1) is 10.1 Å². The highest BCUT2D eigenvalue weighted by Crippen LogP contribution is 2.29. The van der Waals surface area contributed by atoms with Crippen molar-refractivity contribution in [2.45, 2.75) is 18.9 Å². The third-order valence-electron chi connectivity index (χ3n) is 3.40. The van der Waals surface area contributed by atoms with Gasteiger partial charge in [0, 0.05) is 20.2 Å². The van der Waals surface area contributed by atoms with Crippen molar-refractivity contribution in [3.05, 3.63) is 38.9 Å². The maximum atomic E-state index is 12.4. The third kappa shape index (κ3) is 2.91. The molecule has 0 N–H and O–H groups in total. The number of carbonyl (C=O) groups excluding carboxylic acids is 1. The van der Waals surface area contributed by atoms with Crippen LogP contribution in [0.4, 0.5) is 5.69 Å². The molecule has 1 amide bonds. The Morgan fingerprint density at radius 1 is 1.55 bits per heavy atom. The first kappa shape index (κ1) is 14.7. The Labute approximate surface area is 121 Å². The maximum Gasteiger partial charge on any atom is 0.300 e. The van der Waals surface area contributed by atoms with Gasteiger partial charge < -0.3 is 9.64 Å². The van der Waals surface area contributed by atoms with Crippen LogP contribution in [-0.2, 0) is 4.74 Å². The number of halogens is 1. The molecular formula is C13H15ClN2O4. The number of rotatable bonds is 3. The highest BCUT2D eigenvalue weighted by atomic mass is 35.5. The summed E-state index contributed by atoms with van der Waals surface area (Å²) in [6, 6.07) is 4.38. The van der Waals surface area contributed by atoms with Crippen LogP contribution in [0.25, 0.3) is 0 Å². The van der Waals surface area contributed by atoms with E-state index in [-0.39, 0.29) is 28.3 Å². The summed E-state index contributed by atoms with van der Waals surface area (Å²) in [5.74, 6) is -0.374. The molecule has 1 unspecified atom stereocenters. The number of nitrogens with zero attached hydrogens (tertiary/aromatic N) is 2. The molecule has 1 aromatic rings. The molecule has 1 fully saturated rings. The van der Waals surface area contributed by atoms with Crippen LogP contribution in [0.5, 0.6) is 0 Å². The third-order valence-corrected chi connectivity index (χ3v) is 3.70. The number of ether oxygens (including phenoxy) is 1. The van der Waals surface area contributed by atoms with Crippen LogP contribution < -0.4 is 0 Å². The lowest BCUT2D eigenvalue weighted by atomic mass is 10.1. The van der Waals surface area contributed by atoms with Gasteiger partial charge in [-0.2, -0.15) is 0 Å². The molecule has 0 spiro atoms. The van der Waals surface area contributed by atoms with Crippen LogP contribution in [0.3, 0.4) is 0 Å². The Kier molecular flexibility index (Phi) is 4.57. The largest absolute Gasteiger partial charge is 0.380 e. The van der Waals surface area contributed by atoms with Gasteiger partial charge in [0.15, 0.2) is 0 Å². The molecule has 1 heterocycles. The molecular weight excluding hydrogens is 284 g/mol.